The van der Waals surface area contributed by atoms with E-state index in [0.29, 0.717) is 30.6 Å². The summed E-state index contributed by atoms with van der Waals surface area (Å²) < 4.78 is 23.1. The Morgan fingerprint density at radius 3 is 2.61 bits per heavy atom. The highest BCUT2D eigenvalue weighted by atomic mass is 16.6. The lowest BCUT2D eigenvalue weighted by Crippen LogP contribution is -2.71. The van der Waals surface area contributed by atoms with Crippen molar-refractivity contribution >= 4 is 23.8 Å². The predicted molar refractivity (Wildman–Crippen MR) is 135 cm³/mol. The predicted octanol–water partition coefficient (Wildman–Crippen LogP) is 3.47. The minimum Gasteiger partial charge on any atom is -0.497 e. The average Bonchev–Trinajstić information content (AvgIpc) is 3.31. The van der Waals surface area contributed by atoms with Crippen molar-refractivity contribution in [3.63, 3.8) is 0 Å². The maximum absolute atomic E-state index is 14.0. The van der Waals surface area contributed by atoms with Crippen LogP contribution in [0.3, 0.4) is 0 Å². The van der Waals surface area contributed by atoms with Gasteiger partial charge in [-0.25, -0.2) is 4.79 Å². The molecule has 6 rings (SSSR count). The quantitative estimate of drug-likeness (QED) is 0.364. The molecule has 2 heterocycles. The molecule has 1 aromatic rings. The molecule has 0 aromatic heterocycles. The van der Waals surface area contributed by atoms with E-state index in [2.05, 4.69) is 20.4 Å². The molecule has 8 heteroatoms. The molecule has 8 nitrogen and oxygen atoms in total. The van der Waals surface area contributed by atoms with Gasteiger partial charge in [-0.2, -0.15) is 0 Å². The Kier molecular flexibility index (Phi) is 5.67. The number of methoxy groups -OCH3 is 1. The van der Waals surface area contributed by atoms with Crippen LogP contribution in [-0.4, -0.2) is 55.0 Å². The van der Waals surface area contributed by atoms with E-state index >= 15 is 0 Å². The van der Waals surface area contributed by atoms with Crippen LogP contribution in [-0.2, 0) is 28.6 Å². The Morgan fingerprint density at radius 2 is 1.89 bits per heavy atom. The van der Waals surface area contributed by atoms with Gasteiger partial charge in [-0.15, -0.1) is 0 Å². The zero-order chi connectivity index (χ0) is 27.0. The molecule has 5 fully saturated rings. The highest BCUT2D eigenvalue weighted by Crippen LogP contribution is 2.71. The van der Waals surface area contributed by atoms with Gasteiger partial charge in [-0.3, -0.25) is 9.59 Å². The van der Waals surface area contributed by atoms with Gasteiger partial charge in [0.25, 0.3) is 0 Å². The third-order valence-electron chi connectivity index (χ3n) is 10.1. The van der Waals surface area contributed by atoms with Crippen molar-refractivity contribution in [1.82, 2.24) is 0 Å². The van der Waals surface area contributed by atoms with E-state index in [0.717, 1.165) is 12.0 Å². The van der Waals surface area contributed by atoms with Crippen molar-refractivity contribution in [2.75, 3.05) is 13.7 Å². The van der Waals surface area contributed by atoms with Gasteiger partial charge in [0, 0.05) is 23.3 Å². The van der Waals surface area contributed by atoms with Crippen LogP contribution in [0.25, 0.3) is 6.08 Å². The first-order chi connectivity index (χ1) is 18.1. The summed E-state index contributed by atoms with van der Waals surface area (Å²) in [6.07, 6.45) is 2.94. The van der Waals surface area contributed by atoms with E-state index in [1.165, 1.54) is 6.08 Å². The monoisotopic (exact) mass is 522 g/mol. The zero-order valence-electron chi connectivity index (χ0n) is 22.0. The first-order valence-corrected chi connectivity index (χ1v) is 13.3. The molecule has 0 radical (unpaired) electrons. The highest BCUT2D eigenvalue weighted by Gasteiger charge is 2.81. The van der Waals surface area contributed by atoms with Crippen LogP contribution >= 0.6 is 0 Å². The third-order valence-corrected chi connectivity index (χ3v) is 10.1. The summed E-state index contributed by atoms with van der Waals surface area (Å²) in [6.45, 7) is 8.42. The number of benzene rings is 1. The molecule has 38 heavy (non-hydrogen) atoms. The second kappa shape index (κ2) is 8.52. The van der Waals surface area contributed by atoms with E-state index in [-0.39, 0.29) is 17.9 Å². The summed E-state index contributed by atoms with van der Waals surface area (Å²) in [5.74, 6) is -2.26. The number of Topliss-reactive ketones (excluding diaryl/α,β-unsaturated/α-hetero) is 1. The van der Waals surface area contributed by atoms with Gasteiger partial charge in [0.15, 0.2) is 17.5 Å². The first kappa shape index (κ1) is 25.3. The first-order valence-electron chi connectivity index (χ1n) is 13.3. The summed E-state index contributed by atoms with van der Waals surface area (Å²) in [4.78, 5) is 40.9. The number of ketones is 1. The molecule has 202 valence electrons. The maximum Gasteiger partial charge on any atom is 0.331 e. The zero-order valence-corrected chi connectivity index (χ0v) is 22.0. The number of aliphatic hydroxyl groups excluding tert-OH is 1. The lowest BCUT2D eigenvalue weighted by atomic mass is 9.43. The summed E-state index contributed by atoms with van der Waals surface area (Å²) in [7, 11) is 1.58. The molecule has 3 aliphatic carbocycles. The second-order valence-electron chi connectivity index (χ2n) is 12.1. The molecular weight excluding hydrogens is 488 g/mol. The highest BCUT2D eigenvalue weighted by molar-refractivity contribution is 6.16. The van der Waals surface area contributed by atoms with Gasteiger partial charge in [0.2, 0.25) is 0 Å². The fraction of sp³-hybridized carbons (Fsp3) is 0.567. The molecule has 2 saturated heterocycles. The number of rotatable bonds is 4. The molecular formula is C30H34O8. The van der Waals surface area contributed by atoms with Crippen molar-refractivity contribution in [3.05, 3.63) is 48.1 Å². The Balaban J connectivity index is 1.37. The number of esters is 2. The van der Waals surface area contributed by atoms with Crippen molar-refractivity contribution in [1.29, 1.82) is 0 Å². The molecule has 2 aliphatic heterocycles. The normalized spacial score (nSPS) is 40.8. The van der Waals surface area contributed by atoms with Crippen LogP contribution in [0.15, 0.2) is 42.5 Å². The largest absolute Gasteiger partial charge is 0.497 e. The van der Waals surface area contributed by atoms with E-state index < -0.39 is 58.9 Å². The number of carbonyl (C=O) groups excluding carboxylic acids is 3. The second-order valence-corrected chi connectivity index (χ2v) is 12.1. The van der Waals surface area contributed by atoms with E-state index in [4.69, 9.17) is 18.9 Å². The van der Waals surface area contributed by atoms with Crippen LogP contribution in [0, 0.1) is 34.0 Å². The van der Waals surface area contributed by atoms with Crippen LogP contribution in [0.4, 0.5) is 0 Å². The number of hydrogen-bond acceptors (Lipinski definition) is 8. The summed E-state index contributed by atoms with van der Waals surface area (Å²) in [5.41, 5.74) is -1.64. The van der Waals surface area contributed by atoms with Gasteiger partial charge in [-0.1, -0.05) is 32.6 Å². The Morgan fingerprint density at radius 1 is 1.16 bits per heavy atom. The van der Waals surface area contributed by atoms with Crippen molar-refractivity contribution < 1.29 is 38.4 Å². The van der Waals surface area contributed by atoms with Gasteiger partial charge in [-0.05, 0) is 66.4 Å². The SMILES string of the molecule is C=C1C(=O)[C@@]23C(=O)O[C@H]4CCC(C)(C)[C@H]5[C@H](O)OC[C@@]45[C@@H]2CC[C@@H]1[C@H]3OC(=O)/C=C/c1ccc(OC)cc1. The number of aliphatic hydroxyl groups is 1. The molecule has 0 unspecified atom stereocenters. The smallest absolute Gasteiger partial charge is 0.331 e. The van der Waals surface area contributed by atoms with Gasteiger partial charge >= 0.3 is 11.9 Å². The third kappa shape index (κ3) is 3.19. The van der Waals surface area contributed by atoms with E-state index in [1.54, 1.807) is 37.5 Å². The molecule has 3 saturated carbocycles. The molecule has 1 N–H and O–H groups in total. The van der Waals surface area contributed by atoms with Gasteiger partial charge in [0.1, 0.15) is 18.0 Å². The van der Waals surface area contributed by atoms with E-state index in [9.17, 15) is 19.5 Å². The Bertz CT molecular complexity index is 1230. The van der Waals surface area contributed by atoms with Crippen LogP contribution in [0.2, 0.25) is 0 Å². The lowest BCUT2D eigenvalue weighted by Gasteiger charge is -2.62. The minimum atomic E-state index is -1.68. The van der Waals surface area contributed by atoms with Crippen LogP contribution in [0.1, 0.15) is 45.1 Å². The number of hydrogen-bond donors (Lipinski definition) is 1. The molecule has 5 aliphatic rings. The van der Waals surface area contributed by atoms with Gasteiger partial charge in [0.05, 0.1) is 13.7 Å². The van der Waals surface area contributed by atoms with E-state index in [1.807, 2.05) is 0 Å². The molecule has 2 spiro atoms. The minimum absolute atomic E-state index is 0.190. The summed E-state index contributed by atoms with van der Waals surface area (Å²) in [6, 6.07) is 7.18. The number of carbonyl (C=O) groups is 3. The molecule has 8 atom stereocenters. The topological polar surface area (TPSA) is 108 Å². The van der Waals surface area contributed by atoms with Crippen LogP contribution in [0.5, 0.6) is 5.75 Å². The molecule has 0 amide bonds. The standard InChI is InChI=1S/C30H34O8/c1-16-19-10-11-20-29-15-36-26(33)23(29)28(2,3)14-13-21(29)37-27(34)30(20,24(16)32)25(19)38-22(31)12-7-17-5-8-18(35-4)9-6-17/h5-9,12,19-21,23,25-26,33H,1,10-11,13-15H2,2-4H3/b12-7+/t19-,20-,21-,23+,25+,26+,29+,30-/m0/s1. The fourth-order valence-corrected chi connectivity index (χ4v) is 8.53. The summed E-state index contributed by atoms with van der Waals surface area (Å²) in [5, 5.41) is 11.0. The van der Waals surface area contributed by atoms with Crippen molar-refractivity contribution in [3.8, 4) is 5.75 Å². The Hall–Kier alpha value is -2.97. The fourth-order valence-electron chi connectivity index (χ4n) is 8.53. The maximum atomic E-state index is 14.0. The number of fused-ring (bicyclic) bond motifs is 1. The number of ether oxygens (including phenoxy) is 4. The van der Waals surface area contributed by atoms with Gasteiger partial charge < -0.3 is 24.1 Å². The molecule has 1 aromatic carbocycles. The van der Waals surface area contributed by atoms with Crippen molar-refractivity contribution in [2.45, 2.75) is 58.0 Å². The average molecular weight is 523 g/mol. The van der Waals surface area contributed by atoms with Crippen LogP contribution < -0.4 is 4.74 Å². The lowest BCUT2D eigenvalue weighted by molar-refractivity contribution is -0.251. The molecule has 2 bridgehead atoms. The summed E-state index contributed by atoms with van der Waals surface area (Å²) >= 11 is 0. The van der Waals surface area contributed by atoms with Crippen molar-refractivity contribution in [2.24, 2.45) is 34.0 Å². The Labute approximate surface area is 222 Å².